The number of hydrogen-bond acceptors (Lipinski definition) is 3. The van der Waals surface area contributed by atoms with Gasteiger partial charge in [-0.15, -0.1) is 0 Å². The fourth-order valence-electron chi connectivity index (χ4n) is 3.02. The molecule has 1 saturated carbocycles. The van der Waals surface area contributed by atoms with Crippen molar-refractivity contribution in [2.45, 2.75) is 39.5 Å². The first-order chi connectivity index (χ1) is 9.44. The summed E-state index contributed by atoms with van der Waals surface area (Å²) in [5.74, 6) is 0.792. The van der Waals surface area contributed by atoms with Gasteiger partial charge in [0.1, 0.15) is 5.75 Å². The van der Waals surface area contributed by atoms with Crippen LogP contribution in [0.15, 0.2) is 18.2 Å². The number of ether oxygens (including phenoxy) is 1. The van der Waals surface area contributed by atoms with E-state index in [2.05, 4.69) is 19.2 Å². The van der Waals surface area contributed by atoms with E-state index in [-0.39, 0.29) is 17.2 Å². The Bertz CT molecular complexity index is 497. The first-order valence-corrected chi connectivity index (χ1v) is 7.18. The van der Waals surface area contributed by atoms with Gasteiger partial charge in [0, 0.05) is 11.6 Å². The molecule has 1 unspecified atom stereocenters. The van der Waals surface area contributed by atoms with Crippen LogP contribution in [0.1, 0.15) is 39.5 Å². The molecule has 2 rings (SSSR count). The Morgan fingerprint density at radius 1 is 1.40 bits per heavy atom. The number of methoxy groups -OCH3 is 1. The topological polar surface area (TPSA) is 64.3 Å². The molecule has 0 aliphatic heterocycles. The summed E-state index contributed by atoms with van der Waals surface area (Å²) in [6.45, 7) is 4.36. The first kappa shape index (κ1) is 14.7. The smallest absolute Gasteiger partial charge is 0.228 e. The molecule has 1 aromatic carbocycles. The van der Waals surface area contributed by atoms with Gasteiger partial charge in [-0.2, -0.15) is 0 Å². The van der Waals surface area contributed by atoms with Crippen LogP contribution in [0, 0.1) is 11.3 Å². The number of nitrogen functional groups attached to an aromatic ring is 1. The van der Waals surface area contributed by atoms with E-state index in [0.29, 0.717) is 11.4 Å². The Balaban J connectivity index is 2.09. The third-order valence-corrected chi connectivity index (χ3v) is 4.32. The van der Waals surface area contributed by atoms with E-state index in [1.54, 1.807) is 19.2 Å². The number of nitrogens with two attached hydrogens (primary N) is 1. The number of carbonyl (C=O) groups excluding carboxylic acids is 1. The molecule has 1 atom stereocenters. The largest absolute Gasteiger partial charge is 0.495 e. The normalized spacial score (nSPS) is 21.2. The number of carbonyl (C=O) groups is 1. The maximum atomic E-state index is 12.5. The van der Waals surface area contributed by atoms with Gasteiger partial charge < -0.3 is 15.8 Å². The lowest BCUT2D eigenvalue weighted by Gasteiger charge is -2.37. The van der Waals surface area contributed by atoms with E-state index >= 15 is 0 Å². The summed E-state index contributed by atoms with van der Waals surface area (Å²) in [6, 6.07) is 5.34. The minimum atomic E-state index is 0.0691. The highest BCUT2D eigenvalue weighted by atomic mass is 16.5. The van der Waals surface area contributed by atoms with E-state index in [1.165, 1.54) is 6.42 Å². The Morgan fingerprint density at radius 3 is 2.75 bits per heavy atom. The van der Waals surface area contributed by atoms with Crippen LogP contribution in [0.5, 0.6) is 5.75 Å². The van der Waals surface area contributed by atoms with Gasteiger partial charge in [-0.3, -0.25) is 4.79 Å². The maximum Gasteiger partial charge on any atom is 0.228 e. The van der Waals surface area contributed by atoms with Gasteiger partial charge in [0.15, 0.2) is 0 Å². The predicted octanol–water partition coefficient (Wildman–Crippen LogP) is 3.43. The zero-order chi connectivity index (χ0) is 14.8. The Kier molecular flexibility index (Phi) is 4.21. The van der Waals surface area contributed by atoms with Crippen molar-refractivity contribution in [2.24, 2.45) is 11.3 Å². The van der Waals surface area contributed by atoms with Crippen LogP contribution < -0.4 is 15.8 Å². The van der Waals surface area contributed by atoms with E-state index < -0.39 is 0 Å². The van der Waals surface area contributed by atoms with Crippen molar-refractivity contribution in [3.05, 3.63) is 18.2 Å². The molecule has 1 aromatic rings. The Hall–Kier alpha value is -1.71. The van der Waals surface area contributed by atoms with E-state index in [0.717, 1.165) is 24.9 Å². The summed E-state index contributed by atoms with van der Waals surface area (Å²) < 4.78 is 5.12. The van der Waals surface area contributed by atoms with Crippen LogP contribution >= 0.6 is 0 Å². The highest BCUT2D eigenvalue weighted by molar-refractivity contribution is 5.93. The van der Waals surface area contributed by atoms with Crippen molar-refractivity contribution in [3.8, 4) is 5.75 Å². The van der Waals surface area contributed by atoms with Crippen LogP contribution in [0.3, 0.4) is 0 Å². The number of amides is 1. The molecule has 1 aliphatic rings. The number of nitrogens with one attached hydrogen (secondary N) is 1. The molecule has 0 heterocycles. The second kappa shape index (κ2) is 5.73. The van der Waals surface area contributed by atoms with Crippen molar-refractivity contribution in [1.82, 2.24) is 0 Å². The Labute approximate surface area is 120 Å². The van der Waals surface area contributed by atoms with Gasteiger partial charge in [-0.1, -0.05) is 26.7 Å². The van der Waals surface area contributed by atoms with E-state index in [1.807, 2.05) is 6.07 Å². The van der Waals surface area contributed by atoms with Crippen LogP contribution in [0.4, 0.5) is 11.4 Å². The average molecular weight is 276 g/mol. The summed E-state index contributed by atoms with van der Waals surface area (Å²) in [5.41, 5.74) is 7.20. The third-order valence-electron chi connectivity index (χ3n) is 4.32. The fourth-order valence-corrected chi connectivity index (χ4v) is 3.02. The standard InChI is InChI=1S/C16H24N2O2/c1-16(2)9-5-4-6-12(16)15(19)18-11-7-8-14(20-3)13(17)10-11/h7-8,10,12H,4-6,9,17H2,1-3H3,(H,18,19). The molecule has 4 nitrogen and oxygen atoms in total. The highest BCUT2D eigenvalue weighted by Crippen LogP contribution is 2.41. The second-order valence-corrected chi connectivity index (χ2v) is 6.23. The lowest BCUT2D eigenvalue weighted by atomic mass is 9.68. The summed E-state index contributed by atoms with van der Waals surface area (Å²) in [7, 11) is 1.58. The summed E-state index contributed by atoms with van der Waals surface area (Å²) in [4.78, 5) is 12.5. The molecule has 0 radical (unpaired) electrons. The van der Waals surface area contributed by atoms with Gasteiger partial charge in [0.05, 0.1) is 12.8 Å². The van der Waals surface area contributed by atoms with Crippen LogP contribution in [0.25, 0.3) is 0 Å². The number of rotatable bonds is 3. The third kappa shape index (κ3) is 3.06. The van der Waals surface area contributed by atoms with Gasteiger partial charge in [-0.25, -0.2) is 0 Å². The van der Waals surface area contributed by atoms with Crippen LogP contribution in [-0.4, -0.2) is 13.0 Å². The van der Waals surface area contributed by atoms with Crippen LogP contribution in [-0.2, 0) is 4.79 Å². The quantitative estimate of drug-likeness (QED) is 0.831. The van der Waals surface area contributed by atoms with Crippen molar-refractivity contribution in [1.29, 1.82) is 0 Å². The van der Waals surface area contributed by atoms with E-state index in [9.17, 15) is 4.79 Å². The molecule has 0 bridgehead atoms. The minimum absolute atomic E-state index is 0.0691. The first-order valence-electron chi connectivity index (χ1n) is 7.18. The SMILES string of the molecule is COc1ccc(NC(=O)C2CCCCC2(C)C)cc1N. The molecule has 20 heavy (non-hydrogen) atoms. The van der Waals surface area contributed by atoms with Crippen molar-refractivity contribution in [2.75, 3.05) is 18.2 Å². The van der Waals surface area contributed by atoms with Gasteiger partial charge >= 0.3 is 0 Å². The zero-order valence-corrected chi connectivity index (χ0v) is 12.5. The van der Waals surface area contributed by atoms with Crippen molar-refractivity contribution >= 4 is 17.3 Å². The predicted molar refractivity (Wildman–Crippen MR) is 81.8 cm³/mol. The fraction of sp³-hybridized carbons (Fsp3) is 0.562. The molecule has 0 saturated heterocycles. The summed E-state index contributed by atoms with van der Waals surface area (Å²) >= 11 is 0. The van der Waals surface area contributed by atoms with Crippen LogP contribution in [0.2, 0.25) is 0 Å². The van der Waals surface area contributed by atoms with Gasteiger partial charge in [0.2, 0.25) is 5.91 Å². The molecule has 0 spiro atoms. The van der Waals surface area contributed by atoms with Crippen molar-refractivity contribution in [3.63, 3.8) is 0 Å². The molecule has 3 N–H and O–H groups in total. The highest BCUT2D eigenvalue weighted by Gasteiger charge is 2.37. The Morgan fingerprint density at radius 2 is 2.15 bits per heavy atom. The summed E-state index contributed by atoms with van der Waals surface area (Å²) in [6.07, 6.45) is 4.42. The lowest BCUT2D eigenvalue weighted by molar-refractivity contribution is -0.124. The number of benzene rings is 1. The lowest BCUT2D eigenvalue weighted by Crippen LogP contribution is -2.37. The summed E-state index contributed by atoms with van der Waals surface area (Å²) in [5, 5.41) is 2.98. The molecule has 110 valence electrons. The zero-order valence-electron chi connectivity index (χ0n) is 12.5. The molecule has 1 fully saturated rings. The van der Waals surface area contributed by atoms with E-state index in [4.69, 9.17) is 10.5 Å². The molecule has 1 amide bonds. The van der Waals surface area contributed by atoms with Gasteiger partial charge in [-0.05, 0) is 36.5 Å². The monoisotopic (exact) mass is 276 g/mol. The minimum Gasteiger partial charge on any atom is -0.495 e. The van der Waals surface area contributed by atoms with Gasteiger partial charge in [0.25, 0.3) is 0 Å². The molecule has 4 heteroatoms. The molecular formula is C16H24N2O2. The number of hydrogen-bond donors (Lipinski definition) is 2. The second-order valence-electron chi connectivity index (χ2n) is 6.23. The average Bonchev–Trinajstić information content (AvgIpc) is 2.38. The molecular weight excluding hydrogens is 252 g/mol. The van der Waals surface area contributed by atoms with Crippen molar-refractivity contribution < 1.29 is 9.53 Å². The number of anilines is 2. The molecule has 0 aromatic heterocycles. The molecule has 1 aliphatic carbocycles. The maximum absolute atomic E-state index is 12.5.